The van der Waals surface area contributed by atoms with Crippen LogP contribution in [0.15, 0.2) is 72.8 Å². The highest BCUT2D eigenvalue weighted by Gasteiger charge is 2.23. The van der Waals surface area contributed by atoms with Crippen LogP contribution in [0.1, 0.15) is 5.56 Å². The molecule has 4 heteroatoms. The highest BCUT2D eigenvalue weighted by molar-refractivity contribution is 5.62. The summed E-state index contributed by atoms with van der Waals surface area (Å²) in [6.45, 7) is 1.83. The van der Waals surface area contributed by atoms with Crippen LogP contribution in [0.2, 0.25) is 0 Å². The molecule has 0 saturated carbocycles. The zero-order valence-corrected chi connectivity index (χ0v) is 12.7. The molecular weight excluding hydrogens is 292 g/mol. The first-order chi connectivity index (χ1) is 11.1. The summed E-state index contributed by atoms with van der Waals surface area (Å²) in [6.07, 6.45) is 0. The molecule has 0 saturated heterocycles. The Kier molecular flexibility index (Phi) is 5.47. The fraction of sp³-hybridized carbons (Fsp3) is 0.0526. The van der Waals surface area contributed by atoms with Gasteiger partial charge in [-0.15, -0.1) is 0 Å². The average molecular weight is 310 g/mol. The normalized spacial score (nSPS) is 9.96. The summed E-state index contributed by atoms with van der Waals surface area (Å²) in [6, 6.07) is 20.8. The van der Waals surface area contributed by atoms with Crippen molar-refractivity contribution in [1.29, 1.82) is 0 Å². The molecule has 1 heterocycles. The average Bonchev–Trinajstić information content (AvgIpc) is 3.34. The van der Waals surface area contributed by atoms with Crippen molar-refractivity contribution in [2.75, 3.05) is 0 Å². The third-order valence-electron chi connectivity index (χ3n) is 3.02. The standard InChI is InChI=1S/C7H6O2.2C6H6O/c1-4-5(8)2-3-6-7(4)9-6;2*7-6-4-2-1-3-5-6/h2-3,8H,1H3;2*1-5,7H. The highest BCUT2D eigenvalue weighted by Crippen LogP contribution is 2.50. The first-order valence-corrected chi connectivity index (χ1v) is 7.06. The smallest absolute Gasteiger partial charge is 0.176 e. The van der Waals surface area contributed by atoms with Crippen LogP contribution in [-0.2, 0) is 0 Å². The molecule has 1 aliphatic rings. The number of aromatic hydroxyl groups is 3. The molecule has 0 aliphatic carbocycles. The summed E-state index contributed by atoms with van der Waals surface area (Å²) < 4.78 is 4.99. The molecule has 1 aliphatic heterocycles. The van der Waals surface area contributed by atoms with Gasteiger partial charge in [-0.3, -0.25) is 0 Å². The summed E-state index contributed by atoms with van der Waals surface area (Å²) in [5, 5.41) is 26.3. The van der Waals surface area contributed by atoms with Gasteiger partial charge in [0.05, 0.1) is 0 Å². The Morgan fingerprint density at radius 3 is 1.48 bits per heavy atom. The van der Waals surface area contributed by atoms with Crippen LogP contribution in [-0.4, -0.2) is 15.3 Å². The van der Waals surface area contributed by atoms with E-state index in [-0.39, 0.29) is 0 Å². The molecule has 4 rings (SSSR count). The molecule has 3 aromatic carbocycles. The Bertz CT molecular complexity index is 699. The van der Waals surface area contributed by atoms with E-state index in [2.05, 4.69) is 0 Å². The van der Waals surface area contributed by atoms with E-state index in [0.717, 1.165) is 17.1 Å². The van der Waals surface area contributed by atoms with Crippen molar-refractivity contribution in [3.8, 4) is 28.7 Å². The number of phenolic OH excluding ortho intramolecular Hbond substituents is 3. The molecule has 0 fully saturated rings. The number of hydrogen-bond donors (Lipinski definition) is 3. The third kappa shape index (κ3) is 5.28. The fourth-order valence-electron chi connectivity index (χ4n) is 1.71. The van der Waals surface area contributed by atoms with Gasteiger partial charge in [0, 0.05) is 5.56 Å². The van der Waals surface area contributed by atoms with Gasteiger partial charge in [-0.1, -0.05) is 36.4 Å². The number of hydrogen-bond acceptors (Lipinski definition) is 4. The van der Waals surface area contributed by atoms with Gasteiger partial charge in [0.2, 0.25) is 0 Å². The molecule has 0 amide bonds. The molecule has 118 valence electrons. The van der Waals surface area contributed by atoms with Gasteiger partial charge in [-0.25, -0.2) is 0 Å². The molecule has 0 spiro atoms. The molecule has 4 nitrogen and oxygen atoms in total. The zero-order valence-electron chi connectivity index (χ0n) is 12.7. The molecular formula is C19H18O4. The van der Waals surface area contributed by atoms with Crippen molar-refractivity contribution >= 4 is 0 Å². The topological polar surface area (TPSA) is 73.2 Å². The van der Waals surface area contributed by atoms with Crippen molar-refractivity contribution in [3.63, 3.8) is 0 Å². The maximum Gasteiger partial charge on any atom is 0.176 e. The van der Waals surface area contributed by atoms with Crippen LogP contribution in [0, 0.1) is 6.92 Å². The number of rotatable bonds is 0. The quantitative estimate of drug-likeness (QED) is 0.415. The second kappa shape index (κ2) is 7.75. The van der Waals surface area contributed by atoms with Crippen LogP contribution in [0.25, 0.3) is 0 Å². The lowest BCUT2D eigenvalue weighted by Gasteiger charge is -1.88. The molecule has 0 bridgehead atoms. The molecule has 0 unspecified atom stereocenters. The second-order valence-corrected chi connectivity index (χ2v) is 4.81. The highest BCUT2D eigenvalue weighted by atomic mass is 16.6. The molecule has 0 aromatic heterocycles. The van der Waals surface area contributed by atoms with Crippen LogP contribution in [0.5, 0.6) is 28.7 Å². The molecule has 0 radical (unpaired) electrons. The Morgan fingerprint density at radius 2 is 1.13 bits per heavy atom. The van der Waals surface area contributed by atoms with Gasteiger partial charge >= 0.3 is 0 Å². The molecule has 3 aromatic rings. The minimum absolute atomic E-state index is 0.311. The van der Waals surface area contributed by atoms with E-state index in [1.54, 1.807) is 60.7 Å². The van der Waals surface area contributed by atoms with E-state index < -0.39 is 0 Å². The number of benzene rings is 3. The maximum atomic E-state index is 9.05. The Hall–Kier alpha value is -3.14. The van der Waals surface area contributed by atoms with Crippen LogP contribution in [0.3, 0.4) is 0 Å². The lowest BCUT2D eigenvalue weighted by atomic mass is 10.2. The Morgan fingerprint density at radius 1 is 0.652 bits per heavy atom. The van der Waals surface area contributed by atoms with E-state index in [4.69, 9.17) is 20.1 Å². The van der Waals surface area contributed by atoms with E-state index in [0.29, 0.717) is 17.2 Å². The van der Waals surface area contributed by atoms with Gasteiger partial charge in [0.25, 0.3) is 0 Å². The van der Waals surface area contributed by atoms with Crippen molar-refractivity contribution in [1.82, 2.24) is 0 Å². The zero-order chi connectivity index (χ0) is 16.7. The van der Waals surface area contributed by atoms with Crippen molar-refractivity contribution in [2.45, 2.75) is 6.92 Å². The van der Waals surface area contributed by atoms with E-state index in [9.17, 15) is 0 Å². The van der Waals surface area contributed by atoms with E-state index in [1.807, 2.05) is 19.1 Å². The first kappa shape index (κ1) is 16.2. The predicted octanol–water partition coefficient (Wildman–Crippen LogP) is 4.59. The second-order valence-electron chi connectivity index (χ2n) is 4.81. The lowest BCUT2D eigenvalue weighted by Crippen LogP contribution is -1.64. The summed E-state index contributed by atoms with van der Waals surface area (Å²) in [5.74, 6) is 2.69. The van der Waals surface area contributed by atoms with Crippen molar-refractivity contribution in [3.05, 3.63) is 78.4 Å². The minimum Gasteiger partial charge on any atom is -0.508 e. The predicted molar refractivity (Wildman–Crippen MR) is 89.1 cm³/mol. The SMILES string of the molecule is Cc1c(O)ccc2c1O2.Oc1ccccc1.Oc1ccccc1. The number of phenols is 3. The maximum absolute atomic E-state index is 9.05. The van der Waals surface area contributed by atoms with Crippen molar-refractivity contribution in [2.24, 2.45) is 0 Å². The summed E-state index contributed by atoms with van der Waals surface area (Å²) in [4.78, 5) is 0. The summed E-state index contributed by atoms with van der Waals surface area (Å²) >= 11 is 0. The summed E-state index contributed by atoms with van der Waals surface area (Å²) in [5.41, 5.74) is 0.840. The number of ether oxygens (including phenoxy) is 1. The van der Waals surface area contributed by atoms with Gasteiger partial charge in [0.15, 0.2) is 11.5 Å². The van der Waals surface area contributed by atoms with Gasteiger partial charge in [-0.05, 0) is 43.3 Å². The van der Waals surface area contributed by atoms with Crippen molar-refractivity contribution < 1.29 is 20.1 Å². The van der Waals surface area contributed by atoms with Gasteiger partial charge in [0.1, 0.15) is 17.2 Å². The lowest BCUT2D eigenvalue weighted by molar-refractivity contribution is 0.470. The van der Waals surface area contributed by atoms with Gasteiger partial charge in [-0.2, -0.15) is 0 Å². The molecule has 0 atom stereocenters. The number of fused-ring (bicyclic) bond motifs is 1. The number of para-hydroxylation sites is 2. The van der Waals surface area contributed by atoms with Crippen LogP contribution >= 0.6 is 0 Å². The Labute approximate surface area is 134 Å². The molecule has 23 heavy (non-hydrogen) atoms. The fourth-order valence-corrected chi connectivity index (χ4v) is 1.71. The minimum atomic E-state index is 0.311. The van der Waals surface area contributed by atoms with Gasteiger partial charge < -0.3 is 20.1 Å². The summed E-state index contributed by atoms with van der Waals surface area (Å²) in [7, 11) is 0. The first-order valence-electron chi connectivity index (χ1n) is 7.06. The third-order valence-corrected chi connectivity index (χ3v) is 3.02. The largest absolute Gasteiger partial charge is 0.508 e. The van der Waals surface area contributed by atoms with Crippen LogP contribution in [0.4, 0.5) is 0 Å². The monoisotopic (exact) mass is 310 g/mol. The van der Waals surface area contributed by atoms with Crippen LogP contribution < -0.4 is 4.74 Å². The van der Waals surface area contributed by atoms with E-state index >= 15 is 0 Å². The van der Waals surface area contributed by atoms with E-state index in [1.165, 1.54) is 0 Å². The Balaban J connectivity index is 0.000000127. The molecule has 3 N–H and O–H groups in total.